The van der Waals surface area contributed by atoms with Crippen molar-refractivity contribution < 1.29 is 4.42 Å². The van der Waals surface area contributed by atoms with Gasteiger partial charge in [0, 0.05) is 36.3 Å². The van der Waals surface area contributed by atoms with Crippen LogP contribution in [0.4, 0.5) is 0 Å². The number of hydrogen-bond donors (Lipinski definition) is 1. The minimum Gasteiger partial charge on any atom is -0.436 e. The molecule has 0 aromatic carbocycles. The molecule has 0 saturated carbocycles. The van der Waals surface area contributed by atoms with E-state index in [2.05, 4.69) is 15.0 Å². The number of oxazole rings is 1. The molecule has 0 aliphatic carbocycles. The second-order valence-electron chi connectivity index (χ2n) is 3.30. The van der Waals surface area contributed by atoms with E-state index >= 15 is 0 Å². The first-order valence-electron chi connectivity index (χ1n) is 4.82. The molecule has 0 atom stereocenters. The van der Waals surface area contributed by atoms with Gasteiger partial charge in [0.25, 0.3) is 5.22 Å². The molecule has 84 valence electrons. The van der Waals surface area contributed by atoms with Crippen molar-refractivity contribution in [3.05, 3.63) is 29.4 Å². The average molecular weight is 236 g/mol. The normalized spacial score (nSPS) is 10.7. The first kappa shape index (κ1) is 11.1. The van der Waals surface area contributed by atoms with Crippen molar-refractivity contribution in [1.29, 1.82) is 0 Å². The molecule has 2 N–H and O–H groups in total. The van der Waals surface area contributed by atoms with Crippen LogP contribution < -0.4 is 5.73 Å². The van der Waals surface area contributed by atoms with E-state index in [1.807, 2.05) is 13.8 Å². The molecule has 16 heavy (non-hydrogen) atoms. The van der Waals surface area contributed by atoms with Crippen molar-refractivity contribution in [1.82, 2.24) is 15.0 Å². The third-order valence-corrected chi connectivity index (χ3v) is 2.85. The second kappa shape index (κ2) is 4.63. The predicted molar refractivity (Wildman–Crippen MR) is 60.0 cm³/mol. The van der Waals surface area contributed by atoms with E-state index in [1.165, 1.54) is 11.8 Å². The highest BCUT2D eigenvalue weighted by Gasteiger charge is 2.08. The van der Waals surface area contributed by atoms with Crippen LogP contribution in [0.2, 0.25) is 0 Å². The van der Waals surface area contributed by atoms with Gasteiger partial charge in [0.2, 0.25) is 0 Å². The Morgan fingerprint density at radius 1 is 1.31 bits per heavy atom. The van der Waals surface area contributed by atoms with Gasteiger partial charge in [-0.25, -0.2) is 15.0 Å². The molecule has 2 rings (SSSR count). The van der Waals surface area contributed by atoms with Gasteiger partial charge in [0.1, 0.15) is 5.76 Å². The van der Waals surface area contributed by atoms with Crippen molar-refractivity contribution >= 4 is 11.8 Å². The molecule has 2 heterocycles. The average Bonchev–Trinajstić information content (AvgIpc) is 2.59. The van der Waals surface area contributed by atoms with Crippen molar-refractivity contribution in [2.75, 3.05) is 0 Å². The number of rotatable bonds is 3. The number of hydrogen-bond acceptors (Lipinski definition) is 6. The molecule has 0 radical (unpaired) electrons. The monoisotopic (exact) mass is 236 g/mol. The first-order chi connectivity index (χ1) is 7.69. The van der Waals surface area contributed by atoms with E-state index in [0.717, 1.165) is 17.0 Å². The summed E-state index contributed by atoms with van der Waals surface area (Å²) < 4.78 is 5.42. The molecule has 0 aliphatic heterocycles. The van der Waals surface area contributed by atoms with Crippen molar-refractivity contribution in [2.45, 2.75) is 30.8 Å². The highest BCUT2D eigenvalue weighted by atomic mass is 32.2. The summed E-state index contributed by atoms with van der Waals surface area (Å²) >= 11 is 1.30. The Balaban J connectivity index is 2.14. The molecule has 0 saturated heterocycles. The fourth-order valence-corrected chi connectivity index (χ4v) is 1.78. The lowest BCUT2D eigenvalue weighted by Crippen LogP contribution is -1.98. The summed E-state index contributed by atoms with van der Waals surface area (Å²) in [6.45, 7) is 4.23. The van der Waals surface area contributed by atoms with Crippen LogP contribution in [0.15, 0.2) is 27.2 Å². The summed E-state index contributed by atoms with van der Waals surface area (Å²) in [5.41, 5.74) is 7.25. The van der Waals surface area contributed by atoms with Crippen LogP contribution in [0.3, 0.4) is 0 Å². The predicted octanol–water partition coefficient (Wildman–Crippen LogP) is 1.69. The van der Waals surface area contributed by atoms with Gasteiger partial charge < -0.3 is 10.2 Å². The Morgan fingerprint density at radius 2 is 2.00 bits per heavy atom. The first-order valence-corrected chi connectivity index (χ1v) is 5.63. The van der Waals surface area contributed by atoms with E-state index < -0.39 is 0 Å². The molecule has 2 aromatic rings. The molecular formula is C10H12N4OS. The van der Waals surface area contributed by atoms with Gasteiger partial charge in [-0.05, 0) is 13.8 Å². The van der Waals surface area contributed by atoms with E-state index in [1.54, 1.807) is 12.4 Å². The van der Waals surface area contributed by atoms with Crippen LogP contribution in [-0.2, 0) is 6.54 Å². The fourth-order valence-electron chi connectivity index (χ4n) is 1.07. The summed E-state index contributed by atoms with van der Waals surface area (Å²) in [5.74, 6) is 0.820. The number of aryl methyl sites for hydroxylation is 2. The van der Waals surface area contributed by atoms with Crippen LogP contribution >= 0.6 is 11.8 Å². The standard InChI is InChI=1S/C10H12N4OS/c1-6-7(2)15-10(14-6)16-9-12-4-8(3-11)5-13-9/h4-5H,3,11H2,1-2H3. The lowest BCUT2D eigenvalue weighted by Gasteiger charge is -1.97. The maximum absolute atomic E-state index is 5.46. The fraction of sp³-hybridized carbons (Fsp3) is 0.300. The topological polar surface area (TPSA) is 77.8 Å². The quantitative estimate of drug-likeness (QED) is 0.817. The zero-order valence-electron chi connectivity index (χ0n) is 9.10. The van der Waals surface area contributed by atoms with E-state index in [-0.39, 0.29) is 0 Å². The summed E-state index contributed by atoms with van der Waals surface area (Å²) in [6, 6.07) is 0. The maximum Gasteiger partial charge on any atom is 0.264 e. The van der Waals surface area contributed by atoms with Gasteiger partial charge >= 0.3 is 0 Å². The summed E-state index contributed by atoms with van der Waals surface area (Å²) in [5, 5.41) is 1.17. The Labute approximate surface area is 97.5 Å². The van der Waals surface area contributed by atoms with Gasteiger partial charge in [-0.2, -0.15) is 0 Å². The third-order valence-electron chi connectivity index (χ3n) is 2.10. The van der Waals surface area contributed by atoms with Crippen molar-refractivity contribution in [2.24, 2.45) is 5.73 Å². The number of aromatic nitrogens is 3. The second-order valence-corrected chi connectivity index (χ2v) is 4.22. The third kappa shape index (κ3) is 2.40. The molecule has 0 fully saturated rings. The van der Waals surface area contributed by atoms with Crippen LogP contribution in [0, 0.1) is 13.8 Å². The maximum atomic E-state index is 5.46. The smallest absolute Gasteiger partial charge is 0.264 e. The molecule has 0 bridgehead atoms. The van der Waals surface area contributed by atoms with E-state index in [4.69, 9.17) is 10.2 Å². The van der Waals surface area contributed by atoms with Gasteiger partial charge in [-0.1, -0.05) is 0 Å². The molecule has 2 aromatic heterocycles. The minimum atomic E-state index is 0.447. The lowest BCUT2D eigenvalue weighted by molar-refractivity contribution is 0.430. The lowest BCUT2D eigenvalue weighted by atomic mass is 10.4. The minimum absolute atomic E-state index is 0.447. The van der Waals surface area contributed by atoms with Crippen molar-refractivity contribution in [3.8, 4) is 0 Å². The number of nitrogens with two attached hydrogens (primary N) is 1. The zero-order chi connectivity index (χ0) is 11.5. The highest BCUT2D eigenvalue weighted by molar-refractivity contribution is 7.98. The molecular weight excluding hydrogens is 224 g/mol. The molecule has 0 unspecified atom stereocenters. The van der Waals surface area contributed by atoms with Gasteiger partial charge in [0.15, 0.2) is 5.16 Å². The Kier molecular flexibility index (Phi) is 3.21. The largest absolute Gasteiger partial charge is 0.436 e. The number of nitrogens with zero attached hydrogens (tertiary/aromatic N) is 3. The van der Waals surface area contributed by atoms with E-state index in [9.17, 15) is 0 Å². The molecule has 6 heteroatoms. The Bertz CT molecular complexity index is 461. The van der Waals surface area contributed by atoms with Crippen LogP contribution in [-0.4, -0.2) is 15.0 Å². The summed E-state index contributed by atoms with van der Waals surface area (Å²) in [4.78, 5) is 12.6. The molecule has 0 amide bonds. The summed E-state index contributed by atoms with van der Waals surface area (Å²) in [6.07, 6.45) is 3.41. The van der Waals surface area contributed by atoms with Gasteiger partial charge in [-0.15, -0.1) is 0 Å². The van der Waals surface area contributed by atoms with Crippen LogP contribution in [0.1, 0.15) is 17.0 Å². The summed E-state index contributed by atoms with van der Waals surface area (Å²) in [7, 11) is 0. The van der Waals surface area contributed by atoms with Crippen molar-refractivity contribution in [3.63, 3.8) is 0 Å². The van der Waals surface area contributed by atoms with Crippen LogP contribution in [0.5, 0.6) is 0 Å². The molecule has 0 aliphatic rings. The van der Waals surface area contributed by atoms with Crippen LogP contribution in [0.25, 0.3) is 0 Å². The van der Waals surface area contributed by atoms with Gasteiger partial charge in [0.05, 0.1) is 5.69 Å². The Morgan fingerprint density at radius 3 is 2.50 bits per heavy atom. The van der Waals surface area contributed by atoms with Gasteiger partial charge in [-0.3, -0.25) is 0 Å². The molecule has 0 spiro atoms. The SMILES string of the molecule is Cc1nc(Sc2ncc(CN)cn2)oc1C. The zero-order valence-corrected chi connectivity index (χ0v) is 9.91. The van der Waals surface area contributed by atoms with E-state index in [0.29, 0.717) is 16.9 Å². The Hall–Kier alpha value is -1.40. The molecule has 5 nitrogen and oxygen atoms in total. The highest BCUT2D eigenvalue weighted by Crippen LogP contribution is 2.25.